The zero-order chi connectivity index (χ0) is 14.8. The van der Waals surface area contributed by atoms with Crippen LogP contribution in [0.2, 0.25) is 5.02 Å². The third-order valence-corrected chi connectivity index (χ3v) is 5.03. The molecular formula is C15H19ClN2S2. The molecule has 0 radical (unpaired) electrons. The number of nitrogens with one attached hydrogen (secondary N) is 1. The third-order valence-electron chi connectivity index (χ3n) is 2.63. The van der Waals surface area contributed by atoms with Crippen molar-refractivity contribution in [1.29, 1.82) is 0 Å². The molecule has 0 aliphatic rings. The lowest BCUT2D eigenvalue weighted by Gasteiger charge is -2.21. The van der Waals surface area contributed by atoms with E-state index in [1.807, 2.05) is 19.1 Å². The van der Waals surface area contributed by atoms with Crippen molar-refractivity contribution in [3.8, 4) is 0 Å². The Morgan fingerprint density at radius 1 is 1.35 bits per heavy atom. The Morgan fingerprint density at radius 2 is 2.10 bits per heavy atom. The van der Waals surface area contributed by atoms with Gasteiger partial charge in [0.1, 0.15) is 0 Å². The van der Waals surface area contributed by atoms with Gasteiger partial charge >= 0.3 is 0 Å². The molecule has 1 aromatic heterocycles. The minimum Gasteiger partial charge on any atom is -0.308 e. The number of halogens is 1. The highest BCUT2D eigenvalue weighted by Gasteiger charge is 2.12. The maximum atomic E-state index is 6.13. The fourth-order valence-electron chi connectivity index (χ4n) is 1.60. The molecule has 2 nitrogen and oxygen atoms in total. The normalized spacial score (nSPS) is 11.8. The monoisotopic (exact) mass is 326 g/mol. The third kappa shape index (κ3) is 4.77. The number of thiazole rings is 1. The first-order chi connectivity index (χ1) is 9.33. The molecule has 108 valence electrons. The average Bonchev–Trinajstić information content (AvgIpc) is 2.72. The lowest BCUT2D eigenvalue weighted by Crippen LogP contribution is -2.35. The van der Waals surface area contributed by atoms with Crippen molar-refractivity contribution in [3.05, 3.63) is 39.9 Å². The Kier molecular flexibility index (Phi) is 5.13. The summed E-state index contributed by atoms with van der Waals surface area (Å²) in [5.41, 5.74) is 2.41. The second-order valence-corrected chi connectivity index (χ2v) is 8.30. The molecule has 0 aliphatic heterocycles. The minimum atomic E-state index is 0.0966. The minimum absolute atomic E-state index is 0.0966. The zero-order valence-corrected chi connectivity index (χ0v) is 14.5. The molecule has 2 rings (SSSR count). The van der Waals surface area contributed by atoms with Gasteiger partial charge in [-0.15, -0.1) is 11.3 Å². The lowest BCUT2D eigenvalue weighted by molar-refractivity contribution is 0.422. The van der Waals surface area contributed by atoms with E-state index in [4.69, 9.17) is 11.6 Å². The van der Waals surface area contributed by atoms with Crippen molar-refractivity contribution < 1.29 is 0 Å². The van der Waals surface area contributed by atoms with Crippen molar-refractivity contribution in [2.24, 2.45) is 0 Å². The highest BCUT2D eigenvalue weighted by atomic mass is 35.5. The van der Waals surface area contributed by atoms with Gasteiger partial charge in [0, 0.05) is 33.1 Å². The predicted molar refractivity (Wildman–Crippen MR) is 89.0 cm³/mol. The van der Waals surface area contributed by atoms with E-state index in [9.17, 15) is 0 Å². The molecule has 0 fully saturated rings. The van der Waals surface area contributed by atoms with Crippen molar-refractivity contribution in [2.75, 3.05) is 0 Å². The summed E-state index contributed by atoms with van der Waals surface area (Å²) in [6, 6.07) is 6.05. The Bertz CT molecular complexity index is 588. The van der Waals surface area contributed by atoms with Crippen LogP contribution in [0.25, 0.3) is 0 Å². The van der Waals surface area contributed by atoms with E-state index in [0.717, 1.165) is 21.6 Å². The van der Waals surface area contributed by atoms with Crippen molar-refractivity contribution in [3.63, 3.8) is 0 Å². The van der Waals surface area contributed by atoms with Crippen LogP contribution in [0, 0.1) is 6.92 Å². The Balaban J connectivity index is 2.19. The van der Waals surface area contributed by atoms with Gasteiger partial charge in [0.25, 0.3) is 0 Å². The highest BCUT2D eigenvalue weighted by Crippen LogP contribution is 2.34. The topological polar surface area (TPSA) is 24.9 Å². The van der Waals surface area contributed by atoms with Crippen LogP contribution in [0.15, 0.2) is 32.8 Å². The van der Waals surface area contributed by atoms with Crippen molar-refractivity contribution >= 4 is 34.7 Å². The van der Waals surface area contributed by atoms with Crippen LogP contribution in [-0.4, -0.2) is 10.5 Å². The van der Waals surface area contributed by atoms with Crippen molar-refractivity contribution in [1.82, 2.24) is 10.3 Å². The molecule has 0 amide bonds. The first-order valence-corrected chi connectivity index (χ1v) is 8.54. The number of aryl methyl sites for hydroxylation is 1. The molecule has 0 saturated carbocycles. The average molecular weight is 327 g/mol. The largest absolute Gasteiger partial charge is 0.308 e. The van der Waals surface area contributed by atoms with Gasteiger partial charge in [0.15, 0.2) is 4.34 Å². The zero-order valence-electron chi connectivity index (χ0n) is 12.2. The number of rotatable bonds is 4. The molecule has 0 atom stereocenters. The van der Waals surface area contributed by atoms with Crippen LogP contribution in [0.5, 0.6) is 0 Å². The van der Waals surface area contributed by atoms with E-state index in [-0.39, 0.29) is 5.54 Å². The highest BCUT2D eigenvalue weighted by molar-refractivity contribution is 8.01. The van der Waals surface area contributed by atoms with Gasteiger partial charge in [-0.3, -0.25) is 0 Å². The molecule has 0 unspecified atom stereocenters. The second-order valence-electron chi connectivity index (χ2n) is 5.71. The predicted octanol–water partition coefficient (Wildman–Crippen LogP) is 5.14. The van der Waals surface area contributed by atoms with E-state index in [1.165, 1.54) is 10.5 Å². The van der Waals surface area contributed by atoms with E-state index in [0.29, 0.717) is 0 Å². The van der Waals surface area contributed by atoms with E-state index < -0.39 is 0 Å². The molecule has 1 N–H and O–H groups in total. The van der Waals surface area contributed by atoms with Gasteiger partial charge in [-0.1, -0.05) is 29.4 Å². The number of nitrogens with zero attached hydrogens (tertiary/aromatic N) is 1. The maximum Gasteiger partial charge on any atom is 0.154 e. The molecule has 0 aliphatic carbocycles. The Hall–Kier alpha value is -0.550. The van der Waals surface area contributed by atoms with Crippen molar-refractivity contribution in [2.45, 2.75) is 49.0 Å². The fraction of sp³-hybridized carbons (Fsp3) is 0.400. The summed E-state index contributed by atoms with van der Waals surface area (Å²) >= 11 is 9.48. The number of hydrogen-bond donors (Lipinski definition) is 1. The van der Waals surface area contributed by atoms with Crippen LogP contribution in [0.4, 0.5) is 0 Å². The van der Waals surface area contributed by atoms with Crippen LogP contribution < -0.4 is 5.32 Å². The van der Waals surface area contributed by atoms with Gasteiger partial charge in [-0.05, 0) is 45.4 Å². The molecule has 1 aromatic carbocycles. The quantitative estimate of drug-likeness (QED) is 0.841. The standard InChI is InChI=1S/C15H19ClN2S2/c1-10-9-19-14(18-10)20-13-7-12(16)6-5-11(13)8-17-15(2,3)4/h5-7,9,17H,8H2,1-4H3. The molecular weight excluding hydrogens is 308 g/mol. The van der Waals surface area contributed by atoms with E-state index in [2.05, 4.69) is 42.5 Å². The molecule has 0 bridgehead atoms. The summed E-state index contributed by atoms with van der Waals surface area (Å²) in [5.74, 6) is 0. The number of benzene rings is 1. The smallest absolute Gasteiger partial charge is 0.154 e. The number of aromatic nitrogens is 1. The van der Waals surface area contributed by atoms with E-state index >= 15 is 0 Å². The van der Waals surface area contributed by atoms with Crippen LogP contribution in [-0.2, 0) is 6.54 Å². The first kappa shape index (κ1) is 15.8. The second kappa shape index (κ2) is 6.48. The van der Waals surface area contributed by atoms with E-state index in [1.54, 1.807) is 23.1 Å². The first-order valence-electron chi connectivity index (χ1n) is 6.47. The summed E-state index contributed by atoms with van der Waals surface area (Å²) in [5, 5.41) is 6.35. The molecule has 0 saturated heterocycles. The fourth-order valence-corrected chi connectivity index (χ4v) is 3.80. The summed E-state index contributed by atoms with van der Waals surface area (Å²) in [4.78, 5) is 5.67. The molecule has 5 heteroatoms. The summed E-state index contributed by atoms with van der Waals surface area (Å²) < 4.78 is 1.06. The lowest BCUT2D eigenvalue weighted by atomic mass is 10.1. The summed E-state index contributed by atoms with van der Waals surface area (Å²) in [6.45, 7) is 9.34. The molecule has 2 aromatic rings. The Morgan fingerprint density at radius 3 is 2.70 bits per heavy atom. The van der Waals surface area contributed by atoms with Crippen LogP contribution in [0.3, 0.4) is 0 Å². The Labute approximate surface area is 134 Å². The molecule has 1 heterocycles. The molecule has 0 spiro atoms. The van der Waals surface area contributed by atoms with Gasteiger partial charge < -0.3 is 5.32 Å². The van der Waals surface area contributed by atoms with Crippen LogP contribution >= 0.6 is 34.7 Å². The summed E-state index contributed by atoms with van der Waals surface area (Å²) in [6.07, 6.45) is 0. The SMILES string of the molecule is Cc1csc(Sc2cc(Cl)ccc2CNC(C)(C)C)n1. The van der Waals surface area contributed by atoms with Crippen LogP contribution in [0.1, 0.15) is 32.0 Å². The maximum absolute atomic E-state index is 6.13. The van der Waals surface area contributed by atoms with Gasteiger partial charge in [-0.25, -0.2) is 4.98 Å². The van der Waals surface area contributed by atoms with Gasteiger partial charge in [0.2, 0.25) is 0 Å². The number of hydrogen-bond acceptors (Lipinski definition) is 4. The summed E-state index contributed by atoms with van der Waals surface area (Å²) in [7, 11) is 0. The van der Waals surface area contributed by atoms with Gasteiger partial charge in [-0.2, -0.15) is 0 Å². The van der Waals surface area contributed by atoms with Gasteiger partial charge in [0.05, 0.1) is 0 Å². The molecule has 20 heavy (non-hydrogen) atoms.